The van der Waals surface area contributed by atoms with Gasteiger partial charge in [0.15, 0.2) is 0 Å². The minimum absolute atomic E-state index is 0.0604. The van der Waals surface area contributed by atoms with Crippen LogP contribution < -0.4 is 10.5 Å². The second-order valence-corrected chi connectivity index (χ2v) is 4.27. The first-order valence-corrected chi connectivity index (χ1v) is 5.60. The fourth-order valence-electron chi connectivity index (χ4n) is 2.50. The Hall–Kier alpha value is -1.28. The van der Waals surface area contributed by atoms with E-state index in [-0.39, 0.29) is 6.04 Å². The van der Waals surface area contributed by atoms with Crippen LogP contribution in [-0.2, 0) is 0 Å². The molecule has 0 amide bonds. The average molecular weight is 201 g/mol. The van der Waals surface area contributed by atoms with Crippen molar-refractivity contribution in [2.24, 2.45) is 5.73 Å². The quantitative estimate of drug-likeness (QED) is 0.700. The molecule has 0 radical (unpaired) electrons. The highest BCUT2D eigenvalue weighted by molar-refractivity contribution is 5.45. The largest absolute Gasteiger partial charge is 0.461 e. The van der Waals surface area contributed by atoms with E-state index >= 15 is 0 Å². The van der Waals surface area contributed by atoms with E-state index in [9.17, 15) is 0 Å². The molecule has 1 aromatic carbocycles. The van der Waals surface area contributed by atoms with Crippen LogP contribution in [0.3, 0.4) is 0 Å². The van der Waals surface area contributed by atoms with Gasteiger partial charge in [0.05, 0.1) is 6.04 Å². The summed E-state index contributed by atoms with van der Waals surface area (Å²) in [6.07, 6.45) is 4.63. The minimum Gasteiger partial charge on any atom is -0.461 e. The van der Waals surface area contributed by atoms with Gasteiger partial charge < -0.3 is 10.5 Å². The lowest BCUT2D eigenvalue weighted by Crippen LogP contribution is -2.23. The summed E-state index contributed by atoms with van der Waals surface area (Å²) in [7, 11) is 0. The van der Waals surface area contributed by atoms with Gasteiger partial charge in [-0.25, -0.2) is 0 Å². The number of rotatable bonds is 0. The first kappa shape index (κ1) is 8.98. The van der Waals surface area contributed by atoms with Crippen LogP contribution in [-0.4, -0.2) is 0 Å². The van der Waals surface area contributed by atoms with E-state index in [4.69, 9.17) is 10.5 Å². The van der Waals surface area contributed by atoms with Crippen LogP contribution in [0.2, 0.25) is 0 Å². The first-order valence-electron chi connectivity index (χ1n) is 5.60. The summed E-state index contributed by atoms with van der Waals surface area (Å²) in [5, 5.41) is 0. The monoisotopic (exact) mass is 201 g/mol. The molecule has 2 aliphatic rings. The number of nitrogens with two attached hydrogens (primary N) is 1. The van der Waals surface area contributed by atoms with E-state index in [1.165, 1.54) is 18.4 Å². The highest BCUT2D eigenvalue weighted by atomic mass is 16.5. The van der Waals surface area contributed by atoms with Crippen molar-refractivity contribution in [1.29, 1.82) is 0 Å². The van der Waals surface area contributed by atoms with E-state index in [2.05, 4.69) is 6.07 Å². The van der Waals surface area contributed by atoms with Gasteiger partial charge in [-0.05, 0) is 30.9 Å². The summed E-state index contributed by atoms with van der Waals surface area (Å²) in [5.74, 6) is 2.08. The van der Waals surface area contributed by atoms with Gasteiger partial charge in [-0.15, -0.1) is 0 Å². The molecule has 3 rings (SSSR count). The van der Waals surface area contributed by atoms with Crippen LogP contribution in [0.4, 0.5) is 0 Å². The number of allylic oxidation sites excluding steroid dienone is 1. The van der Waals surface area contributed by atoms with Crippen LogP contribution in [0.5, 0.6) is 5.75 Å². The smallest absolute Gasteiger partial charge is 0.132 e. The summed E-state index contributed by atoms with van der Waals surface area (Å²) >= 11 is 0. The normalized spacial score (nSPS) is 24.2. The first-order chi connectivity index (χ1) is 7.36. The lowest BCUT2D eigenvalue weighted by atomic mass is 9.87. The molecule has 1 unspecified atom stereocenters. The number of ether oxygens (including phenoxy) is 1. The molecule has 0 aromatic heterocycles. The van der Waals surface area contributed by atoms with E-state index < -0.39 is 0 Å². The van der Waals surface area contributed by atoms with Gasteiger partial charge in [-0.2, -0.15) is 0 Å². The molecule has 78 valence electrons. The molecule has 0 fully saturated rings. The molecule has 2 nitrogen and oxygen atoms in total. The molecule has 0 bridgehead atoms. The van der Waals surface area contributed by atoms with Crippen molar-refractivity contribution < 1.29 is 4.74 Å². The van der Waals surface area contributed by atoms with Crippen LogP contribution >= 0.6 is 0 Å². The van der Waals surface area contributed by atoms with Crippen molar-refractivity contribution in [2.45, 2.75) is 31.7 Å². The predicted octanol–water partition coefficient (Wildman–Crippen LogP) is 2.91. The van der Waals surface area contributed by atoms with Crippen LogP contribution in [0.15, 0.2) is 35.6 Å². The molecule has 1 aromatic rings. The topological polar surface area (TPSA) is 35.2 Å². The lowest BCUT2D eigenvalue weighted by molar-refractivity contribution is 0.345. The molecule has 1 aliphatic carbocycles. The molecule has 0 saturated heterocycles. The zero-order valence-corrected chi connectivity index (χ0v) is 8.70. The highest BCUT2D eigenvalue weighted by Crippen LogP contribution is 2.41. The van der Waals surface area contributed by atoms with Crippen molar-refractivity contribution in [3.8, 4) is 5.75 Å². The van der Waals surface area contributed by atoms with Gasteiger partial charge in [0, 0.05) is 12.0 Å². The van der Waals surface area contributed by atoms with Crippen molar-refractivity contribution in [3.63, 3.8) is 0 Å². The zero-order chi connectivity index (χ0) is 10.3. The maximum atomic E-state index is 6.26. The molecule has 1 atom stereocenters. The molecule has 0 saturated carbocycles. The number of para-hydroxylation sites is 1. The Labute approximate surface area is 89.7 Å². The van der Waals surface area contributed by atoms with Crippen molar-refractivity contribution in [3.05, 3.63) is 41.2 Å². The summed E-state index contributed by atoms with van der Waals surface area (Å²) < 4.78 is 5.91. The van der Waals surface area contributed by atoms with Crippen molar-refractivity contribution in [1.82, 2.24) is 0 Å². The van der Waals surface area contributed by atoms with Gasteiger partial charge in [-0.3, -0.25) is 0 Å². The van der Waals surface area contributed by atoms with Gasteiger partial charge >= 0.3 is 0 Å². The number of hydrogen-bond acceptors (Lipinski definition) is 2. The number of hydrogen-bond donors (Lipinski definition) is 1. The Morgan fingerprint density at radius 1 is 1.13 bits per heavy atom. The Kier molecular flexibility index (Phi) is 2.03. The predicted molar refractivity (Wildman–Crippen MR) is 59.5 cm³/mol. The Morgan fingerprint density at radius 2 is 1.93 bits per heavy atom. The van der Waals surface area contributed by atoms with Gasteiger partial charge in [0.25, 0.3) is 0 Å². The maximum Gasteiger partial charge on any atom is 0.132 e. The van der Waals surface area contributed by atoms with E-state index in [1.807, 2.05) is 18.2 Å². The molecular weight excluding hydrogens is 186 g/mol. The molecule has 0 spiro atoms. The number of benzene rings is 1. The third kappa shape index (κ3) is 1.37. The summed E-state index contributed by atoms with van der Waals surface area (Å²) in [5.41, 5.74) is 8.72. The molecular formula is C13H15NO. The van der Waals surface area contributed by atoms with E-state index in [0.29, 0.717) is 0 Å². The van der Waals surface area contributed by atoms with Crippen LogP contribution in [0.25, 0.3) is 0 Å². The van der Waals surface area contributed by atoms with Crippen LogP contribution in [0.1, 0.15) is 37.3 Å². The third-order valence-electron chi connectivity index (χ3n) is 3.32. The minimum atomic E-state index is 0.0604. The fraction of sp³-hybridized carbons (Fsp3) is 0.385. The standard InChI is InChI=1S/C13H15NO/c14-13-9-5-1-3-7-11(9)15-12-8-4-2-6-10(12)13/h1,3,5,7,13H,2,4,6,8,14H2. The molecule has 2 N–H and O–H groups in total. The van der Waals surface area contributed by atoms with Gasteiger partial charge in [0.1, 0.15) is 11.5 Å². The van der Waals surface area contributed by atoms with Crippen molar-refractivity contribution >= 4 is 0 Å². The second-order valence-electron chi connectivity index (χ2n) is 4.27. The third-order valence-corrected chi connectivity index (χ3v) is 3.32. The molecule has 1 heterocycles. The summed E-state index contributed by atoms with van der Waals surface area (Å²) in [4.78, 5) is 0. The average Bonchev–Trinajstić information content (AvgIpc) is 2.30. The SMILES string of the molecule is NC1C2=C(CCCC2)Oc2ccccc21. The number of fused-ring (bicyclic) bond motifs is 1. The Bertz CT molecular complexity index is 422. The molecule has 15 heavy (non-hydrogen) atoms. The second kappa shape index (κ2) is 3.38. The lowest BCUT2D eigenvalue weighted by Gasteiger charge is -2.31. The Morgan fingerprint density at radius 3 is 2.87 bits per heavy atom. The fourth-order valence-corrected chi connectivity index (χ4v) is 2.50. The van der Waals surface area contributed by atoms with Crippen molar-refractivity contribution in [2.75, 3.05) is 0 Å². The maximum absolute atomic E-state index is 6.26. The van der Waals surface area contributed by atoms with Gasteiger partial charge in [-0.1, -0.05) is 18.2 Å². The van der Waals surface area contributed by atoms with E-state index in [1.54, 1.807) is 0 Å². The Balaban J connectivity index is 2.07. The summed E-state index contributed by atoms with van der Waals surface area (Å²) in [6, 6.07) is 8.16. The molecule has 2 heteroatoms. The molecule has 1 aliphatic heterocycles. The zero-order valence-electron chi connectivity index (χ0n) is 8.70. The van der Waals surface area contributed by atoms with Crippen LogP contribution in [0, 0.1) is 0 Å². The van der Waals surface area contributed by atoms with Gasteiger partial charge in [0.2, 0.25) is 0 Å². The van der Waals surface area contributed by atoms with E-state index in [0.717, 1.165) is 29.9 Å². The highest BCUT2D eigenvalue weighted by Gasteiger charge is 2.27. The summed E-state index contributed by atoms with van der Waals surface area (Å²) in [6.45, 7) is 0.